The maximum atomic E-state index is 13.0. The summed E-state index contributed by atoms with van der Waals surface area (Å²) in [7, 11) is 0. The summed E-state index contributed by atoms with van der Waals surface area (Å²) in [6, 6.07) is 18.2. The lowest BCUT2D eigenvalue weighted by molar-refractivity contribution is -0.133. The van der Waals surface area contributed by atoms with Crippen molar-refractivity contribution in [2.24, 2.45) is 0 Å². The molecule has 0 spiro atoms. The molecular formula is C26H32N2O3. The van der Waals surface area contributed by atoms with E-state index >= 15 is 0 Å². The van der Waals surface area contributed by atoms with Gasteiger partial charge in [-0.05, 0) is 56.1 Å². The van der Waals surface area contributed by atoms with Crippen molar-refractivity contribution < 1.29 is 19.9 Å². The second kappa shape index (κ2) is 12.0. The van der Waals surface area contributed by atoms with Crippen LogP contribution in [0.15, 0.2) is 60.7 Å². The van der Waals surface area contributed by atoms with Gasteiger partial charge in [0.15, 0.2) is 0 Å². The Bertz CT molecular complexity index is 936. The van der Waals surface area contributed by atoms with Gasteiger partial charge in [-0.1, -0.05) is 60.7 Å². The molecule has 0 unspecified atom stereocenters. The summed E-state index contributed by atoms with van der Waals surface area (Å²) in [4.78, 5) is 40.3. The van der Waals surface area contributed by atoms with Gasteiger partial charge in [0.25, 0.3) is 0 Å². The highest BCUT2D eigenvalue weighted by molar-refractivity contribution is 6.02. The van der Waals surface area contributed by atoms with Crippen molar-refractivity contribution in [3.05, 3.63) is 71.8 Å². The Morgan fingerprint density at radius 3 is 1.55 bits per heavy atom. The van der Waals surface area contributed by atoms with Crippen molar-refractivity contribution in [1.82, 2.24) is 9.80 Å². The van der Waals surface area contributed by atoms with Crippen molar-refractivity contribution in [3.63, 3.8) is 0 Å². The Balaban J connectivity index is 1.57. The maximum Gasteiger partial charge on any atom is 0.333 e. The van der Waals surface area contributed by atoms with Crippen molar-refractivity contribution >= 4 is 17.8 Å². The molecule has 2 aromatic carbocycles. The lowest BCUT2D eigenvalue weighted by Crippen LogP contribution is -2.53. The number of carbonyl (C=O) groups excluding carboxylic acids is 3. The minimum atomic E-state index is -2.26. The highest BCUT2D eigenvalue weighted by atomic mass is 16.2. The average Bonchev–Trinajstić information content (AvgIpc) is 2.84. The number of hydrogen-bond acceptors (Lipinski definition) is 3. The third-order valence-corrected chi connectivity index (χ3v) is 5.24. The molecular weight excluding hydrogens is 388 g/mol. The van der Waals surface area contributed by atoms with E-state index < -0.39 is 30.6 Å². The first-order valence-corrected chi connectivity index (χ1v) is 10.9. The lowest BCUT2D eigenvalue weighted by Gasteiger charge is -2.33. The van der Waals surface area contributed by atoms with E-state index in [1.807, 2.05) is 60.7 Å². The summed E-state index contributed by atoms with van der Waals surface area (Å²) in [5.41, 5.74) is 2.08. The van der Waals surface area contributed by atoms with E-state index in [0.717, 1.165) is 20.9 Å². The molecule has 1 aliphatic heterocycles. The Morgan fingerprint density at radius 1 is 0.710 bits per heavy atom. The third kappa shape index (κ3) is 7.06. The minimum Gasteiger partial charge on any atom is -0.274 e. The molecule has 0 radical (unpaired) electrons. The number of hydrogen-bond donors (Lipinski definition) is 0. The average molecular weight is 425 g/mol. The van der Waals surface area contributed by atoms with E-state index in [2.05, 4.69) is 0 Å². The van der Waals surface area contributed by atoms with E-state index in [9.17, 15) is 14.4 Å². The third-order valence-electron chi connectivity index (χ3n) is 5.24. The van der Waals surface area contributed by atoms with E-state index in [1.165, 1.54) is 0 Å². The monoisotopic (exact) mass is 424 g/mol. The topological polar surface area (TPSA) is 57.7 Å². The quantitative estimate of drug-likeness (QED) is 0.540. The van der Waals surface area contributed by atoms with Crippen LogP contribution in [0, 0.1) is 0 Å². The van der Waals surface area contributed by atoms with Crippen LogP contribution in [-0.2, 0) is 22.4 Å². The summed E-state index contributed by atoms with van der Waals surface area (Å²) in [5, 5.41) is 0. The number of rotatable bonds is 10. The van der Waals surface area contributed by atoms with Crippen LogP contribution in [0.1, 0.15) is 61.5 Å². The summed E-state index contributed by atoms with van der Waals surface area (Å²) < 4.78 is 33.0. The molecule has 1 heterocycles. The predicted molar refractivity (Wildman–Crippen MR) is 121 cm³/mol. The summed E-state index contributed by atoms with van der Waals surface area (Å²) >= 11 is 0. The molecule has 1 aliphatic rings. The van der Waals surface area contributed by atoms with Crippen LogP contribution >= 0.6 is 0 Å². The van der Waals surface area contributed by atoms with Crippen molar-refractivity contribution in [3.8, 4) is 0 Å². The van der Waals surface area contributed by atoms with Crippen LogP contribution in [-0.4, -0.2) is 40.7 Å². The van der Waals surface area contributed by atoms with Gasteiger partial charge in [-0.25, -0.2) is 4.79 Å². The number of benzene rings is 2. The molecule has 0 bridgehead atoms. The van der Waals surface area contributed by atoms with Gasteiger partial charge in [0.05, 0.1) is 0 Å². The second-order valence-corrected chi connectivity index (χ2v) is 7.58. The smallest absolute Gasteiger partial charge is 0.274 e. The SMILES string of the molecule is [2H]C([2H])(CCCc1ccccc1)C(=O)N1CCCN(C(=O)C([2H])([2H])CCCc2ccccc2)C1=O. The van der Waals surface area contributed by atoms with Gasteiger partial charge in [0.2, 0.25) is 11.8 Å². The van der Waals surface area contributed by atoms with Crippen molar-refractivity contribution in [2.45, 2.75) is 57.7 Å². The molecule has 0 aliphatic carbocycles. The van der Waals surface area contributed by atoms with Crippen molar-refractivity contribution in [2.75, 3.05) is 13.1 Å². The number of imide groups is 2. The van der Waals surface area contributed by atoms with Gasteiger partial charge in [-0.3, -0.25) is 19.4 Å². The first kappa shape index (κ1) is 17.7. The van der Waals surface area contributed by atoms with Gasteiger partial charge in [0, 0.05) is 31.3 Å². The van der Waals surface area contributed by atoms with Gasteiger partial charge in [-0.15, -0.1) is 0 Å². The zero-order chi connectivity index (χ0) is 25.5. The molecule has 0 aromatic heterocycles. The van der Waals surface area contributed by atoms with Crippen LogP contribution in [0.3, 0.4) is 0 Å². The zero-order valence-electron chi connectivity index (χ0n) is 21.8. The normalized spacial score (nSPS) is 16.8. The van der Waals surface area contributed by atoms with Crippen LogP contribution < -0.4 is 0 Å². The number of urea groups is 1. The minimum absolute atomic E-state index is 0.0106. The van der Waals surface area contributed by atoms with E-state index in [0.29, 0.717) is 25.7 Å². The molecule has 1 saturated heterocycles. The lowest BCUT2D eigenvalue weighted by atomic mass is 10.1. The highest BCUT2D eigenvalue weighted by Gasteiger charge is 2.33. The molecule has 1 fully saturated rings. The first-order chi connectivity index (χ1) is 16.6. The molecule has 0 saturated carbocycles. The Hall–Kier alpha value is -2.95. The highest BCUT2D eigenvalue weighted by Crippen LogP contribution is 2.16. The fourth-order valence-electron chi connectivity index (χ4n) is 3.56. The summed E-state index contributed by atoms with van der Waals surface area (Å²) in [6.07, 6.45) is -2.28. The van der Waals surface area contributed by atoms with Gasteiger partial charge < -0.3 is 0 Å². The van der Waals surface area contributed by atoms with Crippen LogP contribution in [0.2, 0.25) is 0 Å². The van der Waals surface area contributed by atoms with Crippen LogP contribution in [0.25, 0.3) is 0 Å². The molecule has 31 heavy (non-hydrogen) atoms. The number of aryl methyl sites for hydroxylation is 2. The molecule has 0 N–H and O–H groups in total. The predicted octanol–water partition coefficient (Wildman–Crippen LogP) is 4.99. The molecule has 4 amide bonds. The molecule has 0 atom stereocenters. The number of nitrogens with zero attached hydrogens (tertiary/aromatic N) is 2. The Labute approximate surface area is 190 Å². The van der Waals surface area contributed by atoms with E-state index in [1.54, 1.807) is 0 Å². The van der Waals surface area contributed by atoms with E-state index in [-0.39, 0.29) is 32.4 Å². The largest absolute Gasteiger partial charge is 0.333 e. The zero-order valence-corrected chi connectivity index (χ0v) is 17.8. The first-order valence-electron chi connectivity index (χ1n) is 12.9. The second-order valence-electron chi connectivity index (χ2n) is 7.58. The maximum absolute atomic E-state index is 13.0. The van der Waals surface area contributed by atoms with Gasteiger partial charge in [0.1, 0.15) is 0 Å². The van der Waals surface area contributed by atoms with E-state index in [4.69, 9.17) is 5.48 Å². The Kier molecular flexibility index (Phi) is 6.87. The Morgan fingerprint density at radius 2 is 1.13 bits per heavy atom. The van der Waals surface area contributed by atoms with Crippen molar-refractivity contribution in [1.29, 1.82) is 0 Å². The fourth-order valence-corrected chi connectivity index (χ4v) is 3.56. The summed E-state index contributed by atoms with van der Waals surface area (Å²) in [5.74, 6) is -1.95. The van der Waals surface area contributed by atoms with Gasteiger partial charge >= 0.3 is 6.03 Å². The fraction of sp³-hybridized carbons (Fsp3) is 0.423. The number of amides is 4. The van der Waals surface area contributed by atoms with Crippen LogP contribution in [0.4, 0.5) is 4.79 Å². The molecule has 3 rings (SSSR count). The summed E-state index contributed by atoms with van der Waals surface area (Å²) in [6.45, 7) is 0.0211. The molecule has 164 valence electrons. The molecule has 5 heteroatoms. The van der Waals surface area contributed by atoms with Gasteiger partial charge in [-0.2, -0.15) is 0 Å². The molecule has 5 nitrogen and oxygen atoms in total. The van der Waals surface area contributed by atoms with Crippen LogP contribution in [0.5, 0.6) is 0 Å². The standard InChI is InChI=1S/C26H32N2O3/c29-24(18-9-7-16-22-12-3-1-4-13-22)27-20-11-21-28(26(27)31)25(30)19-10-8-17-23-14-5-2-6-15-23/h1-6,12-15H,7-11,16-21H2/i18D2,19D2. The molecule has 2 aromatic rings. The number of carbonyl (C=O) groups is 3.